The number of ketones is 2. The van der Waals surface area contributed by atoms with Gasteiger partial charge in [-0.2, -0.15) is 0 Å². The Bertz CT molecular complexity index is 484. The van der Waals surface area contributed by atoms with Crippen LogP contribution in [0.3, 0.4) is 0 Å². The molecule has 0 aromatic heterocycles. The van der Waals surface area contributed by atoms with Crippen LogP contribution in [0.2, 0.25) is 0 Å². The summed E-state index contributed by atoms with van der Waals surface area (Å²) < 4.78 is 10.8. The van der Waals surface area contributed by atoms with Gasteiger partial charge in [0.1, 0.15) is 11.2 Å². The highest BCUT2D eigenvalue weighted by atomic mass is 16.5. The monoisotopic (exact) mass is 308 g/mol. The third-order valence-electron chi connectivity index (χ3n) is 3.82. The molecule has 22 heavy (non-hydrogen) atoms. The van der Waals surface area contributed by atoms with Gasteiger partial charge in [-0.15, -0.1) is 0 Å². The van der Waals surface area contributed by atoms with Crippen LogP contribution in [0, 0.1) is 0 Å². The molecule has 0 atom stereocenters. The third-order valence-corrected chi connectivity index (χ3v) is 3.82. The van der Waals surface area contributed by atoms with Crippen molar-refractivity contribution < 1.29 is 19.1 Å². The Balaban J connectivity index is 1.71. The van der Waals surface area contributed by atoms with E-state index < -0.39 is 11.2 Å². The summed E-state index contributed by atoms with van der Waals surface area (Å²) in [5.41, 5.74) is -0.119. The lowest BCUT2D eigenvalue weighted by molar-refractivity contribution is -0.127. The number of ether oxygens (including phenoxy) is 2. The molecule has 0 spiro atoms. The van der Waals surface area contributed by atoms with Crippen LogP contribution in [0.15, 0.2) is 23.5 Å². The maximum atomic E-state index is 11.9. The van der Waals surface area contributed by atoms with Crippen molar-refractivity contribution in [3.63, 3.8) is 0 Å². The molecule has 0 bridgehead atoms. The van der Waals surface area contributed by atoms with E-state index in [9.17, 15) is 9.59 Å². The Labute approximate surface area is 130 Å². The molecular weight excluding hydrogens is 284 g/mol. The minimum Gasteiger partial charge on any atom is -0.389 e. The summed E-state index contributed by atoms with van der Waals surface area (Å²) in [7, 11) is 0. The van der Waals surface area contributed by atoms with Crippen molar-refractivity contribution in [2.75, 3.05) is 26.3 Å². The fourth-order valence-electron chi connectivity index (χ4n) is 2.30. The van der Waals surface area contributed by atoms with Crippen molar-refractivity contribution in [2.45, 2.75) is 38.9 Å². The van der Waals surface area contributed by atoms with Gasteiger partial charge in [0, 0.05) is 36.6 Å². The van der Waals surface area contributed by atoms with Crippen molar-refractivity contribution in [3.05, 3.63) is 23.5 Å². The van der Waals surface area contributed by atoms with Crippen molar-refractivity contribution in [2.24, 2.45) is 0 Å². The lowest BCUT2D eigenvalue weighted by atomic mass is 10.0. The number of nitrogens with one attached hydrogen (secondary N) is 2. The van der Waals surface area contributed by atoms with E-state index in [-0.39, 0.29) is 11.6 Å². The van der Waals surface area contributed by atoms with E-state index in [0.717, 1.165) is 0 Å². The standard InChI is InChI=1S/C16H24N2O4/c1-15(2)13(19)11(9-21-15)7-17-5-6-18-8-12-10-22-16(3,4)14(12)20/h7-8,17-18H,5-6,9-10H2,1-4H3/b11-7-,12-8-. The SMILES string of the molecule is CC1(C)OC/C(=C/NCCN/C=C2/COC(C)(C)C2=O)C1=O. The van der Waals surface area contributed by atoms with Gasteiger partial charge in [-0.25, -0.2) is 0 Å². The molecular formula is C16H24N2O4. The highest BCUT2D eigenvalue weighted by Gasteiger charge is 2.38. The van der Waals surface area contributed by atoms with Crippen LogP contribution in [-0.4, -0.2) is 49.1 Å². The van der Waals surface area contributed by atoms with E-state index in [4.69, 9.17) is 9.47 Å². The first-order valence-corrected chi connectivity index (χ1v) is 7.46. The Morgan fingerprint density at radius 2 is 1.23 bits per heavy atom. The van der Waals surface area contributed by atoms with E-state index in [0.29, 0.717) is 37.4 Å². The molecule has 0 aromatic carbocycles. The fraction of sp³-hybridized carbons (Fsp3) is 0.625. The number of Topliss-reactive ketones (excluding diaryl/α,β-unsaturated/α-hetero) is 2. The lowest BCUT2D eigenvalue weighted by Crippen LogP contribution is -2.28. The number of carbonyl (C=O) groups is 2. The van der Waals surface area contributed by atoms with Gasteiger partial charge in [0.2, 0.25) is 0 Å². The zero-order valence-electron chi connectivity index (χ0n) is 13.6. The summed E-state index contributed by atoms with van der Waals surface area (Å²) >= 11 is 0. The first-order chi connectivity index (χ1) is 10.2. The van der Waals surface area contributed by atoms with Crippen molar-refractivity contribution in [1.82, 2.24) is 10.6 Å². The molecule has 6 heteroatoms. The van der Waals surface area contributed by atoms with Crippen molar-refractivity contribution in [3.8, 4) is 0 Å². The van der Waals surface area contributed by atoms with Crippen molar-refractivity contribution >= 4 is 11.6 Å². The van der Waals surface area contributed by atoms with E-state index in [2.05, 4.69) is 10.6 Å². The van der Waals surface area contributed by atoms with Gasteiger partial charge in [-0.05, 0) is 27.7 Å². The van der Waals surface area contributed by atoms with Crippen LogP contribution in [0.5, 0.6) is 0 Å². The predicted octanol–water partition coefficient (Wildman–Crippen LogP) is 0.689. The van der Waals surface area contributed by atoms with Crippen LogP contribution < -0.4 is 10.6 Å². The summed E-state index contributed by atoms with van der Waals surface area (Å²) in [6.45, 7) is 9.05. The van der Waals surface area contributed by atoms with Crippen LogP contribution in [0.25, 0.3) is 0 Å². The number of hydrogen-bond donors (Lipinski definition) is 2. The summed E-state index contributed by atoms with van der Waals surface area (Å²) in [5.74, 6) is 0.0389. The summed E-state index contributed by atoms with van der Waals surface area (Å²) in [6.07, 6.45) is 3.41. The molecule has 2 N–H and O–H groups in total. The molecule has 122 valence electrons. The number of carbonyl (C=O) groups excluding carboxylic acids is 2. The third kappa shape index (κ3) is 3.56. The Hall–Kier alpha value is -1.66. The molecule has 2 heterocycles. The molecule has 0 unspecified atom stereocenters. The first-order valence-electron chi connectivity index (χ1n) is 7.46. The fourth-order valence-corrected chi connectivity index (χ4v) is 2.30. The van der Waals surface area contributed by atoms with Gasteiger partial charge >= 0.3 is 0 Å². The van der Waals surface area contributed by atoms with Crippen molar-refractivity contribution in [1.29, 1.82) is 0 Å². The molecule has 6 nitrogen and oxygen atoms in total. The Morgan fingerprint density at radius 3 is 1.50 bits per heavy atom. The Kier molecular flexibility index (Phi) is 4.72. The highest BCUT2D eigenvalue weighted by molar-refractivity contribution is 6.03. The zero-order valence-corrected chi connectivity index (χ0v) is 13.6. The smallest absolute Gasteiger partial charge is 0.193 e. The molecule has 2 aliphatic heterocycles. The molecule has 0 saturated carbocycles. The average Bonchev–Trinajstić information content (AvgIpc) is 2.85. The van der Waals surface area contributed by atoms with Crippen LogP contribution >= 0.6 is 0 Å². The molecule has 2 fully saturated rings. The second-order valence-corrected chi connectivity index (χ2v) is 6.50. The molecule has 2 rings (SSSR count). The van der Waals surface area contributed by atoms with Gasteiger partial charge in [-0.1, -0.05) is 0 Å². The lowest BCUT2D eigenvalue weighted by Gasteiger charge is -2.12. The summed E-state index contributed by atoms with van der Waals surface area (Å²) in [4.78, 5) is 23.8. The first kappa shape index (κ1) is 16.7. The summed E-state index contributed by atoms with van der Waals surface area (Å²) in [5, 5.41) is 6.16. The maximum absolute atomic E-state index is 11.9. The Morgan fingerprint density at radius 1 is 0.864 bits per heavy atom. The van der Waals surface area contributed by atoms with Gasteiger partial charge in [0.05, 0.1) is 13.2 Å². The van der Waals surface area contributed by atoms with E-state index in [1.54, 1.807) is 40.1 Å². The molecule has 0 aromatic rings. The second-order valence-electron chi connectivity index (χ2n) is 6.50. The molecule has 2 saturated heterocycles. The minimum absolute atomic E-state index is 0.0195. The number of rotatable bonds is 5. The maximum Gasteiger partial charge on any atom is 0.193 e. The van der Waals surface area contributed by atoms with E-state index in [1.165, 1.54) is 0 Å². The molecule has 0 radical (unpaired) electrons. The normalized spacial score (nSPS) is 26.9. The predicted molar refractivity (Wildman–Crippen MR) is 82.2 cm³/mol. The van der Waals surface area contributed by atoms with E-state index >= 15 is 0 Å². The summed E-state index contributed by atoms with van der Waals surface area (Å²) in [6, 6.07) is 0. The topological polar surface area (TPSA) is 76.7 Å². The number of hydrogen-bond acceptors (Lipinski definition) is 6. The van der Waals surface area contributed by atoms with Crippen LogP contribution in [-0.2, 0) is 19.1 Å². The largest absolute Gasteiger partial charge is 0.389 e. The van der Waals surface area contributed by atoms with Gasteiger partial charge in [-0.3, -0.25) is 9.59 Å². The van der Waals surface area contributed by atoms with E-state index in [1.807, 2.05) is 0 Å². The quantitative estimate of drug-likeness (QED) is 0.575. The van der Waals surface area contributed by atoms with Crippen LogP contribution in [0.4, 0.5) is 0 Å². The molecule has 0 aliphatic carbocycles. The van der Waals surface area contributed by atoms with Gasteiger partial charge in [0.25, 0.3) is 0 Å². The molecule has 0 amide bonds. The minimum atomic E-state index is -0.716. The highest BCUT2D eigenvalue weighted by Crippen LogP contribution is 2.24. The molecule has 2 aliphatic rings. The van der Waals surface area contributed by atoms with Crippen LogP contribution in [0.1, 0.15) is 27.7 Å². The second kappa shape index (κ2) is 6.22. The zero-order chi connectivity index (χ0) is 16.4. The van der Waals surface area contributed by atoms with Gasteiger partial charge < -0.3 is 20.1 Å². The average molecular weight is 308 g/mol. The van der Waals surface area contributed by atoms with Gasteiger partial charge in [0.15, 0.2) is 11.6 Å².